The largest absolute Gasteiger partial charge is 0.383 e. The topological polar surface area (TPSA) is 50.4 Å². The van der Waals surface area contributed by atoms with E-state index >= 15 is 0 Å². The maximum Gasteiger partial charge on any atom is 0.234 e. The molecule has 0 fully saturated rings. The summed E-state index contributed by atoms with van der Waals surface area (Å²) in [5.74, 6) is -0.0524. The predicted octanol–water partition coefficient (Wildman–Crippen LogP) is 2.14. The van der Waals surface area contributed by atoms with Crippen molar-refractivity contribution in [1.29, 1.82) is 0 Å². The van der Waals surface area contributed by atoms with Crippen LogP contribution in [0.25, 0.3) is 0 Å². The number of methoxy groups -OCH3 is 1. The van der Waals surface area contributed by atoms with Gasteiger partial charge in [0.1, 0.15) is 0 Å². The van der Waals surface area contributed by atoms with Gasteiger partial charge in [0.05, 0.1) is 13.2 Å². The van der Waals surface area contributed by atoms with Gasteiger partial charge in [-0.05, 0) is 25.5 Å². The second kappa shape index (κ2) is 8.15. The summed E-state index contributed by atoms with van der Waals surface area (Å²) in [4.78, 5) is 11.7. The lowest BCUT2D eigenvalue weighted by Crippen LogP contribution is -2.41. The second-order valence-corrected chi connectivity index (χ2v) is 4.96. The molecule has 0 bridgehead atoms. The summed E-state index contributed by atoms with van der Waals surface area (Å²) in [6.07, 6.45) is 0. The van der Waals surface area contributed by atoms with Gasteiger partial charge in [-0.2, -0.15) is 0 Å². The Labute approximate surface area is 119 Å². The molecule has 0 spiro atoms. The molecule has 0 radical (unpaired) electrons. The van der Waals surface area contributed by atoms with Crippen molar-refractivity contribution in [3.63, 3.8) is 0 Å². The number of carbonyl (C=O) groups is 1. The van der Waals surface area contributed by atoms with Gasteiger partial charge in [0, 0.05) is 24.2 Å². The number of amides is 1. The van der Waals surface area contributed by atoms with Crippen LogP contribution in [0.5, 0.6) is 0 Å². The van der Waals surface area contributed by atoms with Crippen molar-refractivity contribution in [3.8, 4) is 0 Å². The second-order valence-electron chi connectivity index (χ2n) is 4.55. The Morgan fingerprint density at radius 3 is 2.68 bits per heavy atom. The van der Waals surface area contributed by atoms with Crippen LogP contribution in [-0.4, -0.2) is 32.2 Å². The van der Waals surface area contributed by atoms with Crippen LogP contribution >= 0.6 is 11.6 Å². The molecule has 2 atom stereocenters. The number of carbonyl (C=O) groups excluding carboxylic acids is 1. The van der Waals surface area contributed by atoms with Crippen molar-refractivity contribution in [2.24, 2.45) is 0 Å². The number of ether oxygens (including phenoxy) is 1. The first-order chi connectivity index (χ1) is 9.04. The molecule has 1 aromatic rings. The third-order valence-electron chi connectivity index (χ3n) is 2.76. The van der Waals surface area contributed by atoms with E-state index in [1.807, 2.05) is 38.1 Å². The van der Waals surface area contributed by atoms with E-state index in [9.17, 15) is 4.79 Å². The Morgan fingerprint density at radius 2 is 2.05 bits per heavy atom. The Kier molecular flexibility index (Phi) is 6.84. The van der Waals surface area contributed by atoms with Crippen molar-refractivity contribution in [2.45, 2.75) is 25.9 Å². The fourth-order valence-electron chi connectivity index (χ4n) is 1.80. The zero-order chi connectivity index (χ0) is 14.3. The standard InChI is InChI=1S/C14H21ClN2O2/c1-10(9-19-3)17-14(18)8-16-11(2)12-6-4-5-7-13(12)15/h4-7,10-11,16H,8-9H2,1-3H3,(H,17,18). The number of rotatable bonds is 7. The molecule has 0 saturated carbocycles. The number of hydrogen-bond acceptors (Lipinski definition) is 3. The molecular weight excluding hydrogens is 264 g/mol. The quantitative estimate of drug-likeness (QED) is 0.807. The summed E-state index contributed by atoms with van der Waals surface area (Å²) < 4.78 is 4.96. The molecule has 5 heteroatoms. The Hall–Kier alpha value is -1.10. The summed E-state index contributed by atoms with van der Waals surface area (Å²) in [5, 5.41) is 6.70. The first kappa shape index (κ1) is 16.0. The van der Waals surface area contributed by atoms with Crippen molar-refractivity contribution >= 4 is 17.5 Å². The van der Waals surface area contributed by atoms with Crippen LogP contribution in [0.15, 0.2) is 24.3 Å². The summed E-state index contributed by atoms with van der Waals surface area (Å²) in [6, 6.07) is 7.64. The van der Waals surface area contributed by atoms with E-state index < -0.39 is 0 Å². The van der Waals surface area contributed by atoms with Crippen LogP contribution in [0.4, 0.5) is 0 Å². The summed E-state index contributed by atoms with van der Waals surface area (Å²) in [7, 11) is 1.61. The molecule has 1 amide bonds. The van der Waals surface area contributed by atoms with Crippen molar-refractivity contribution in [3.05, 3.63) is 34.9 Å². The highest BCUT2D eigenvalue weighted by molar-refractivity contribution is 6.31. The minimum absolute atomic E-state index is 0.00918. The van der Waals surface area contributed by atoms with Gasteiger partial charge in [-0.3, -0.25) is 4.79 Å². The zero-order valence-electron chi connectivity index (χ0n) is 11.6. The summed E-state index contributed by atoms with van der Waals surface area (Å²) >= 11 is 6.10. The zero-order valence-corrected chi connectivity index (χ0v) is 12.3. The lowest BCUT2D eigenvalue weighted by atomic mass is 10.1. The van der Waals surface area contributed by atoms with Crippen LogP contribution in [-0.2, 0) is 9.53 Å². The molecule has 0 aliphatic heterocycles. The van der Waals surface area contributed by atoms with Gasteiger partial charge in [0.25, 0.3) is 0 Å². The van der Waals surface area contributed by atoms with Crippen LogP contribution in [0, 0.1) is 0 Å². The maximum atomic E-state index is 11.7. The number of benzene rings is 1. The van der Waals surface area contributed by atoms with Crippen molar-refractivity contribution in [1.82, 2.24) is 10.6 Å². The molecular formula is C14H21ClN2O2. The number of halogens is 1. The molecule has 1 aromatic carbocycles. The average Bonchev–Trinajstić information content (AvgIpc) is 2.36. The van der Waals surface area contributed by atoms with Gasteiger partial charge in [-0.1, -0.05) is 29.8 Å². The molecule has 0 saturated heterocycles. The van der Waals surface area contributed by atoms with Crippen LogP contribution in [0.3, 0.4) is 0 Å². The smallest absolute Gasteiger partial charge is 0.234 e. The average molecular weight is 285 g/mol. The molecule has 106 valence electrons. The van der Waals surface area contributed by atoms with Gasteiger partial charge >= 0.3 is 0 Å². The monoisotopic (exact) mass is 284 g/mol. The molecule has 0 aliphatic carbocycles. The van der Waals surface area contributed by atoms with E-state index in [0.717, 1.165) is 5.56 Å². The van der Waals surface area contributed by atoms with E-state index in [1.54, 1.807) is 7.11 Å². The number of hydrogen-bond donors (Lipinski definition) is 2. The molecule has 0 heterocycles. The highest BCUT2D eigenvalue weighted by atomic mass is 35.5. The summed E-state index contributed by atoms with van der Waals surface area (Å²) in [5.41, 5.74) is 0.988. The maximum absolute atomic E-state index is 11.7. The molecule has 0 aliphatic rings. The lowest BCUT2D eigenvalue weighted by Gasteiger charge is -2.17. The van der Waals surface area contributed by atoms with Crippen LogP contribution < -0.4 is 10.6 Å². The van der Waals surface area contributed by atoms with Crippen molar-refractivity contribution < 1.29 is 9.53 Å². The van der Waals surface area contributed by atoms with Crippen molar-refractivity contribution in [2.75, 3.05) is 20.3 Å². The van der Waals surface area contributed by atoms with Gasteiger partial charge in [0.2, 0.25) is 5.91 Å². The van der Waals surface area contributed by atoms with E-state index in [-0.39, 0.29) is 24.5 Å². The molecule has 4 nitrogen and oxygen atoms in total. The molecule has 2 unspecified atom stereocenters. The first-order valence-corrected chi connectivity index (χ1v) is 6.68. The predicted molar refractivity (Wildman–Crippen MR) is 77.4 cm³/mol. The Bertz CT molecular complexity index is 412. The third kappa shape index (κ3) is 5.59. The lowest BCUT2D eigenvalue weighted by molar-refractivity contribution is -0.121. The Morgan fingerprint density at radius 1 is 1.37 bits per heavy atom. The highest BCUT2D eigenvalue weighted by Gasteiger charge is 2.11. The van der Waals surface area contributed by atoms with E-state index in [2.05, 4.69) is 10.6 Å². The normalized spacial score (nSPS) is 13.9. The highest BCUT2D eigenvalue weighted by Crippen LogP contribution is 2.21. The fraction of sp³-hybridized carbons (Fsp3) is 0.500. The van der Waals surface area contributed by atoms with E-state index in [1.165, 1.54) is 0 Å². The molecule has 1 rings (SSSR count). The van der Waals surface area contributed by atoms with Gasteiger partial charge in [0.15, 0.2) is 0 Å². The summed E-state index contributed by atoms with van der Waals surface area (Å²) in [6.45, 7) is 4.64. The third-order valence-corrected chi connectivity index (χ3v) is 3.11. The van der Waals surface area contributed by atoms with Crippen LogP contribution in [0.2, 0.25) is 5.02 Å². The SMILES string of the molecule is COCC(C)NC(=O)CNC(C)c1ccccc1Cl. The van der Waals surface area contributed by atoms with Gasteiger partial charge < -0.3 is 15.4 Å². The number of nitrogens with one attached hydrogen (secondary N) is 2. The van der Waals surface area contributed by atoms with E-state index in [0.29, 0.717) is 11.6 Å². The molecule has 0 aromatic heterocycles. The molecule has 19 heavy (non-hydrogen) atoms. The minimum Gasteiger partial charge on any atom is -0.383 e. The van der Waals surface area contributed by atoms with E-state index in [4.69, 9.17) is 16.3 Å². The van der Waals surface area contributed by atoms with Gasteiger partial charge in [-0.25, -0.2) is 0 Å². The van der Waals surface area contributed by atoms with Gasteiger partial charge in [-0.15, -0.1) is 0 Å². The first-order valence-electron chi connectivity index (χ1n) is 6.30. The molecule has 2 N–H and O–H groups in total. The van der Waals surface area contributed by atoms with Crippen LogP contribution in [0.1, 0.15) is 25.5 Å². The minimum atomic E-state index is -0.0524. The fourth-order valence-corrected chi connectivity index (χ4v) is 2.10. The Balaban J connectivity index is 2.40.